The molecule has 124 valence electrons. The van der Waals surface area contributed by atoms with Crippen molar-refractivity contribution in [3.8, 4) is 10.4 Å². The summed E-state index contributed by atoms with van der Waals surface area (Å²) in [5.74, 6) is -0.655. The number of hydrogen-bond donors (Lipinski definition) is 1. The van der Waals surface area contributed by atoms with Gasteiger partial charge in [0, 0.05) is 15.3 Å². The maximum absolute atomic E-state index is 12.5. The summed E-state index contributed by atoms with van der Waals surface area (Å²) in [4.78, 5) is 26.6. The minimum Gasteiger partial charge on any atom is -0.462 e. The zero-order valence-electron chi connectivity index (χ0n) is 13.1. The SMILES string of the molecule is CCOC(=O)c1c(NC(=O)c2ccco2)sc(C)c1-c1cccs1. The molecule has 1 N–H and O–H groups in total. The van der Waals surface area contributed by atoms with Crippen molar-refractivity contribution >= 4 is 39.6 Å². The Kier molecular flexibility index (Phi) is 4.82. The van der Waals surface area contributed by atoms with Crippen LogP contribution >= 0.6 is 22.7 Å². The fraction of sp³-hybridized carbons (Fsp3) is 0.176. The van der Waals surface area contributed by atoms with Crippen molar-refractivity contribution in [1.29, 1.82) is 0 Å². The van der Waals surface area contributed by atoms with Crippen LogP contribution in [0.2, 0.25) is 0 Å². The number of carbonyl (C=O) groups is 2. The first-order valence-corrected chi connectivity index (χ1v) is 9.00. The van der Waals surface area contributed by atoms with Crippen LogP contribution < -0.4 is 5.32 Å². The van der Waals surface area contributed by atoms with Gasteiger partial charge in [-0.15, -0.1) is 22.7 Å². The first kappa shape index (κ1) is 16.5. The molecule has 0 unspecified atom stereocenters. The van der Waals surface area contributed by atoms with Crippen molar-refractivity contribution in [3.63, 3.8) is 0 Å². The van der Waals surface area contributed by atoms with Crippen LogP contribution in [0.4, 0.5) is 5.00 Å². The van der Waals surface area contributed by atoms with Gasteiger partial charge in [0.05, 0.1) is 12.9 Å². The van der Waals surface area contributed by atoms with Gasteiger partial charge in [-0.25, -0.2) is 4.79 Å². The van der Waals surface area contributed by atoms with Crippen LogP contribution in [0.15, 0.2) is 40.3 Å². The number of ether oxygens (including phenoxy) is 1. The maximum atomic E-state index is 12.5. The van der Waals surface area contributed by atoms with Gasteiger partial charge in [0.2, 0.25) is 0 Å². The lowest BCUT2D eigenvalue weighted by Crippen LogP contribution is -2.14. The van der Waals surface area contributed by atoms with Crippen LogP contribution in [0.1, 0.15) is 32.7 Å². The molecular formula is C17H15NO4S2. The fourth-order valence-electron chi connectivity index (χ4n) is 2.32. The Bertz CT molecular complexity index is 848. The smallest absolute Gasteiger partial charge is 0.341 e. The van der Waals surface area contributed by atoms with Crippen molar-refractivity contribution in [2.45, 2.75) is 13.8 Å². The number of aryl methyl sites for hydroxylation is 1. The molecule has 3 aromatic rings. The van der Waals surface area contributed by atoms with E-state index in [0.29, 0.717) is 10.6 Å². The van der Waals surface area contributed by atoms with Crippen LogP contribution in [-0.4, -0.2) is 18.5 Å². The quantitative estimate of drug-likeness (QED) is 0.662. The molecule has 0 saturated carbocycles. The first-order valence-electron chi connectivity index (χ1n) is 7.31. The van der Waals surface area contributed by atoms with Crippen molar-refractivity contribution < 1.29 is 18.7 Å². The average molecular weight is 361 g/mol. The molecule has 0 spiro atoms. The highest BCUT2D eigenvalue weighted by Crippen LogP contribution is 2.42. The zero-order chi connectivity index (χ0) is 17.1. The van der Waals surface area contributed by atoms with E-state index in [2.05, 4.69) is 5.32 Å². The van der Waals surface area contributed by atoms with E-state index in [1.807, 2.05) is 24.4 Å². The van der Waals surface area contributed by atoms with Gasteiger partial charge < -0.3 is 14.5 Å². The van der Waals surface area contributed by atoms with Gasteiger partial charge in [-0.2, -0.15) is 0 Å². The van der Waals surface area contributed by atoms with Gasteiger partial charge in [-0.1, -0.05) is 6.07 Å². The van der Waals surface area contributed by atoms with E-state index < -0.39 is 11.9 Å². The molecule has 7 heteroatoms. The molecular weight excluding hydrogens is 346 g/mol. The second-order valence-electron chi connectivity index (χ2n) is 4.87. The number of anilines is 1. The fourth-order valence-corrected chi connectivity index (χ4v) is 4.27. The summed E-state index contributed by atoms with van der Waals surface area (Å²) in [5, 5.41) is 5.18. The highest BCUT2D eigenvalue weighted by molar-refractivity contribution is 7.18. The lowest BCUT2D eigenvalue weighted by molar-refractivity contribution is 0.0529. The Labute approximate surface area is 146 Å². The summed E-state index contributed by atoms with van der Waals surface area (Å²) in [5.41, 5.74) is 1.20. The van der Waals surface area contributed by atoms with Crippen LogP contribution in [0.5, 0.6) is 0 Å². The molecule has 0 radical (unpaired) electrons. The largest absolute Gasteiger partial charge is 0.462 e. The second kappa shape index (κ2) is 7.02. The lowest BCUT2D eigenvalue weighted by Gasteiger charge is -2.07. The van der Waals surface area contributed by atoms with Crippen molar-refractivity contribution in [1.82, 2.24) is 0 Å². The molecule has 0 fully saturated rings. The molecule has 3 rings (SSSR count). The van der Waals surface area contributed by atoms with E-state index in [4.69, 9.17) is 9.15 Å². The van der Waals surface area contributed by atoms with Crippen molar-refractivity contribution in [2.75, 3.05) is 11.9 Å². The number of nitrogens with one attached hydrogen (secondary N) is 1. The Morgan fingerprint density at radius 3 is 2.75 bits per heavy atom. The first-order chi connectivity index (χ1) is 11.6. The van der Waals surface area contributed by atoms with Crippen molar-refractivity contribution in [2.24, 2.45) is 0 Å². The minimum absolute atomic E-state index is 0.188. The molecule has 0 saturated heterocycles. The Balaban J connectivity index is 2.04. The highest BCUT2D eigenvalue weighted by Gasteiger charge is 2.26. The van der Waals surface area contributed by atoms with Gasteiger partial charge >= 0.3 is 5.97 Å². The van der Waals surface area contributed by atoms with Gasteiger partial charge in [0.25, 0.3) is 5.91 Å². The Morgan fingerprint density at radius 1 is 1.29 bits per heavy atom. The molecule has 3 heterocycles. The zero-order valence-corrected chi connectivity index (χ0v) is 14.8. The van der Waals surface area contributed by atoms with Gasteiger partial charge in [-0.05, 0) is 37.4 Å². The molecule has 24 heavy (non-hydrogen) atoms. The minimum atomic E-state index is -0.444. The number of amides is 1. The van der Waals surface area contributed by atoms with E-state index in [1.165, 1.54) is 28.9 Å². The molecule has 3 aromatic heterocycles. The van der Waals surface area contributed by atoms with Crippen LogP contribution in [-0.2, 0) is 4.74 Å². The standard InChI is InChI=1S/C17H15NO4S2/c1-3-21-17(20)14-13(12-7-5-9-23-12)10(2)24-16(14)18-15(19)11-6-4-8-22-11/h4-9H,3H2,1-2H3,(H,18,19). The molecule has 5 nitrogen and oxygen atoms in total. The number of carbonyl (C=O) groups excluding carboxylic acids is 2. The van der Waals surface area contributed by atoms with Gasteiger partial charge in [0.15, 0.2) is 5.76 Å². The summed E-state index contributed by atoms with van der Waals surface area (Å²) in [6, 6.07) is 7.08. The average Bonchev–Trinajstić information content (AvgIpc) is 3.28. The number of furan rings is 1. The molecule has 0 atom stereocenters. The van der Waals surface area contributed by atoms with E-state index in [-0.39, 0.29) is 12.4 Å². The number of hydrogen-bond acceptors (Lipinski definition) is 6. The molecule has 0 aliphatic heterocycles. The maximum Gasteiger partial charge on any atom is 0.341 e. The van der Waals surface area contributed by atoms with E-state index in [0.717, 1.165) is 15.3 Å². The highest BCUT2D eigenvalue weighted by atomic mass is 32.1. The lowest BCUT2D eigenvalue weighted by atomic mass is 10.1. The van der Waals surface area contributed by atoms with Crippen molar-refractivity contribution in [3.05, 3.63) is 52.1 Å². The normalized spacial score (nSPS) is 10.6. The predicted molar refractivity (Wildman–Crippen MR) is 95.0 cm³/mol. The molecule has 1 amide bonds. The predicted octanol–water partition coefficient (Wildman–Crippen LogP) is 4.81. The Hall–Kier alpha value is -2.38. The van der Waals surface area contributed by atoms with Crippen LogP contribution in [0, 0.1) is 6.92 Å². The van der Waals surface area contributed by atoms with Crippen LogP contribution in [0.25, 0.3) is 10.4 Å². The summed E-state index contributed by atoms with van der Waals surface area (Å²) in [6.07, 6.45) is 1.43. The molecule has 0 aliphatic carbocycles. The molecule has 0 bridgehead atoms. The summed E-state index contributed by atoms with van der Waals surface area (Å²) >= 11 is 2.89. The summed E-state index contributed by atoms with van der Waals surface area (Å²) in [7, 11) is 0. The topological polar surface area (TPSA) is 68.5 Å². The van der Waals surface area contributed by atoms with E-state index in [1.54, 1.807) is 19.1 Å². The van der Waals surface area contributed by atoms with Gasteiger partial charge in [0.1, 0.15) is 10.6 Å². The van der Waals surface area contributed by atoms with E-state index >= 15 is 0 Å². The monoisotopic (exact) mass is 361 g/mol. The molecule has 0 aromatic carbocycles. The Morgan fingerprint density at radius 2 is 2.12 bits per heavy atom. The summed E-state index contributed by atoms with van der Waals surface area (Å²) in [6.45, 7) is 3.94. The van der Waals surface area contributed by atoms with E-state index in [9.17, 15) is 9.59 Å². The third-order valence-electron chi connectivity index (χ3n) is 3.30. The number of esters is 1. The number of rotatable bonds is 5. The third kappa shape index (κ3) is 3.13. The third-order valence-corrected chi connectivity index (χ3v) is 5.21. The summed E-state index contributed by atoms with van der Waals surface area (Å²) < 4.78 is 10.3. The number of thiophene rings is 2. The molecule has 0 aliphatic rings. The van der Waals surface area contributed by atoms with Gasteiger partial charge in [-0.3, -0.25) is 4.79 Å². The second-order valence-corrected chi connectivity index (χ2v) is 7.04. The van der Waals surface area contributed by atoms with Crippen LogP contribution in [0.3, 0.4) is 0 Å².